The van der Waals surface area contributed by atoms with Crippen LogP contribution >= 0.6 is 0 Å². The summed E-state index contributed by atoms with van der Waals surface area (Å²) in [5.41, 5.74) is 0.000178. The maximum absolute atomic E-state index is 9.63. The lowest BCUT2D eigenvalue weighted by Gasteiger charge is -2.19. The molecule has 0 unspecified atom stereocenters. The van der Waals surface area contributed by atoms with Gasteiger partial charge in [-0.25, -0.2) is 0 Å². The summed E-state index contributed by atoms with van der Waals surface area (Å²) in [5.74, 6) is 0. The van der Waals surface area contributed by atoms with Crippen LogP contribution in [0.2, 0.25) is 0 Å². The van der Waals surface area contributed by atoms with Gasteiger partial charge in [-0.05, 0) is 90.2 Å². The Morgan fingerprint density at radius 2 is 0.956 bits per heavy atom. The topological polar surface area (TPSA) is 13.1 Å². The third kappa shape index (κ3) is 4.17. The molecule has 1 heterocycles. The molecule has 1 heteroatoms. The zero-order chi connectivity index (χ0) is 42.8. The van der Waals surface area contributed by atoms with Gasteiger partial charge in [-0.3, -0.25) is 0 Å². The lowest BCUT2D eigenvalue weighted by molar-refractivity contribution is 0.669. The van der Waals surface area contributed by atoms with Gasteiger partial charge in [-0.1, -0.05) is 145 Å². The van der Waals surface area contributed by atoms with Gasteiger partial charge >= 0.3 is 0 Å². The molecule has 0 aliphatic heterocycles. The van der Waals surface area contributed by atoms with E-state index < -0.39 is 59.9 Å². The van der Waals surface area contributed by atoms with Crippen molar-refractivity contribution in [3.8, 4) is 44.5 Å². The zero-order valence-electron chi connectivity index (χ0n) is 38.4. The van der Waals surface area contributed by atoms with E-state index in [1.54, 1.807) is 78.9 Å². The average molecular weight is 588 g/mol. The lowest BCUT2D eigenvalue weighted by atomic mass is 9.84. The molecule has 8 aromatic carbocycles. The SMILES string of the molecule is [2H]c1c([2H])c([2H])c(-c2c([2H])c([2H])c([2H])c([2H])c2-c2c3ccccc3c(-c3c([2H])c([2H])c4c(oc5c([2H])c([2H])c(-c6ccccc6)c([2H])c54)c3[2H])c3ccccc23)c([2H])c1[2H]. The number of fused-ring (bicyclic) bond motifs is 5. The maximum Gasteiger partial charge on any atom is 0.136 e. The molecular formula is C44H28O. The molecule has 45 heavy (non-hydrogen) atoms. The third-order valence-electron chi connectivity index (χ3n) is 7.94. The highest BCUT2D eigenvalue weighted by Gasteiger charge is 2.19. The Hall–Kier alpha value is -5.92. The van der Waals surface area contributed by atoms with Crippen LogP contribution in [-0.2, 0) is 0 Å². The summed E-state index contributed by atoms with van der Waals surface area (Å²) in [6.45, 7) is 0. The third-order valence-corrected chi connectivity index (χ3v) is 7.94. The van der Waals surface area contributed by atoms with Crippen molar-refractivity contribution in [1.82, 2.24) is 0 Å². The molecule has 0 saturated carbocycles. The van der Waals surface area contributed by atoms with E-state index in [4.69, 9.17) is 18.1 Å². The van der Waals surface area contributed by atoms with E-state index in [0.717, 1.165) is 0 Å². The second-order valence-corrected chi connectivity index (χ2v) is 10.5. The van der Waals surface area contributed by atoms with Crippen molar-refractivity contribution in [3.05, 3.63) is 169 Å². The summed E-state index contributed by atoms with van der Waals surface area (Å²) < 4.78 is 140. The molecule has 0 atom stereocenters. The monoisotopic (exact) mass is 587 g/mol. The van der Waals surface area contributed by atoms with Crippen LogP contribution in [0.5, 0.6) is 0 Å². The van der Waals surface area contributed by atoms with E-state index in [-0.39, 0.29) is 86.0 Å². The summed E-state index contributed by atoms with van der Waals surface area (Å²) in [6.07, 6.45) is 0. The second-order valence-electron chi connectivity index (χ2n) is 10.5. The number of benzene rings is 8. The Balaban J connectivity index is 1.44. The molecule has 1 aromatic heterocycles. The molecule has 9 rings (SSSR count). The van der Waals surface area contributed by atoms with E-state index in [0.29, 0.717) is 32.7 Å². The molecule has 0 amide bonds. The van der Waals surface area contributed by atoms with Crippen molar-refractivity contribution in [2.45, 2.75) is 0 Å². The van der Waals surface area contributed by atoms with Crippen LogP contribution in [0.4, 0.5) is 0 Å². The quantitative estimate of drug-likeness (QED) is 0.187. The molecule has 0 saturated heterocycles. The van der Waals surface area contributed by atoms with Gasteiger partial charge in [0.15, 0.2) is 0 Å². The first-order valence-corrected chi connectivity index (χ1v) is 14.2. The van der Waals surface area contributed by atoms with Crippen molar-refractivity contribution < 1.29 is 25.0 Å². The van der Waals surface area contributed by atoms with E-state index in [9.17, 15) is 6.85 Å². The fourth-order valence-electron chi connectivity index (χ4n) is 5.99. The Bertz CT molecular complexity index is 3290. The Morgan fingerprint density at radius 1 is 0.356 bits per heavy atom. The van der Waals surface area contributed by atoms with Crippen molar-refractivity contribution in [1.29, 1.82) is 0 Å². The summed E-state index contributed by atoms with van der Waals surface area (Å²) in [4.78, 5) is 0. The van der Waals surface area contributed by atoms with Gasteiger partial charge in [0.05, 0.1) is 20.6 Å². The number of hydrogen-bond donors (Lipinski definition) is 0. The summed E-state index contributed by atoms with van der Waals surface area (Å²) in [6, 6.07) is 14.6. The van der Waals surface area contributed by atoms with Gasteiger partial charge in [0.25, 0.3) is 0 Å². The fourth-order valence-corrected chi connectivity index (χ4v) is 5.99. The van der Waals surface area contributed by atoms with E-state index >= 15 is 0 Å². The minimum Gasteiger partial charge on any atom is -0.456 e. The van der Waals surface area contributed by atoms with Crippen molar-refractivity contribution in [2.24, 2.45) is 0 Å². The zero-order valence-corrected chi connectivity index (χ0v) is 23.4. The minimum atomic E-state index is -0.683. The Morgan fingerprint density at radius 3 is 1.67 bits per heavy atom. The molecule has 0 aliphatic carbocycles. The molecule has 0 aliphatic rings. The predicted molar refractivity (Wildman–Crippen MR) is 190 cm³/mol. The maximum atomic E-state index is 9.63. The van der Waals surface area contributed by atoms with Gasteiger partial charge in [-0.2, -0.15) is 0 Å². The molecule has 1 nitrogen and oxygen atoms in total. The number of hydrogen-bond acceptors (Lipinski definition) is 1. The van der Waals surface area contributed by atoms with Crippen LogP contribution in [0.15, 0.2) is 174 Å². The molecule has 0 bridgehead atoms. The van der Waals surface area contributed by atoms with Crippen LogP contribution < -0.4 is 0 Å². The van der Waals surface area contributed by atoms with Gasteiger partial charge < -0.3 is 4.42 Å². The van der Waals surface area contributed by atoms with Gasteiger partial charge in [0.2, 0.25) is 0 Å². The average Bonchev–Trinajstić information content (AvgIpc) is 3.67. The largest absolute Gasteiger partial charge is 0.456 e. The summed E-state index contributed by atoms with van der Waals surface area (Å²) >= 11 is 0. The number of furan rings is 1. The van der Waals surface area contributed by atoms with Gasteiger partial charge in [-0.15, -0.1) is 0 Å². The second kappa shape index (κ2) is 10.4. The van der Waals surface area contributed by atoms with Gasteiger partial charge in [0, 0.05) is 10.8 Å². The Kier molecular flexibility index (Phi) is 3.39. The summed E-state index contributed by atoms with van der Waals surface area (Å²) in [5, 5.41) is 1.54. The molecule has 0 radical (unpaired) electrons. The molecule has 210 valence electrons. The first-order chi connectivity index (χ1) is 28.6. The highest BCUT2D eigenvalue weighted by molar-refractivity contribution is 6.23. The van der Waals surface area contributed by atoms with Crippen LogP contribution in [0.1, 0.15) is 20.6 Å². The van der Waals surface area contributed by atoms with Crippen molar-refractivity contribution >= 4 is 43.5 Å². The fraction of sp³-hybridized carbons (Fsp3) is 0. The highest BCUT2D eigenvalue weighted by Crippen LogP contribution is 2.46. The van der Waals surface area contributed by atoms with Crippen LogP contribution in [0.25, 0.3) is 88.0 Å². The lowest BCUT2D eigenvalue weighted by Crippen LogP contribution is -1.92. The molecule has 0 N–H and O–H groups in total. The molecule has 9 aromatic rings. The molecule has 0 fully saturated rings. The van der Waals surface area contributed by atoms with Crippen LogP contribution in [-0.4, -0.2) is 0 Å². The van der Waals surface area contributed by atoms with Crippen LogP contribution in [0.3, 0.4) is 0 Å². The van der Waals surface area contributed by atoms with Crippen molar-refractivity contribution in [3.63, 3.8) is 0 Å². The number of rotatable bonds is 4. The van der Waals surface area contributed by atoms with E-state index in [2.05, 4.69) is 0 Å². The molecular weight excluding hydrogens is 544 g/mol. The first kappa shape index (κ1) is 14.7. The predicted octanol–water partition coefficient (Wildman–Crippen LogP) is 12.6. The first-order valence-electron chi connectivity index (χ1n) is 21.7. The standard InChI is InChI=1S/C44H28O/c1-3-13-29(14-4-1)31-24-26-41-40(27-31)34-25-23-32(28-42(34)45-41)43-36-19-9-11-21-38(36)44(39-22-12-10-20-37(39)43)35-18-8-7-17-33(35)30-15-5-2-6-16-30/h1-28H/i2D,5D,6D,7D,8D,15D,16D,17D,18D,23D,24D,25D,26D,27D,28D. The van der Waals surface area contributed by atoms with Crippen molar-refractivity contribution in [2.75, 3.05) is 0 Å². The molecule has 0 spiro atoms. The van der Waals surface area contributed by atoms with Gasteiger partial charge in [0.1, 0.15) is 11.2 Å². The van der Waals surface area contributed by atoms with Crippen LogP contribution in [0, 0.1) is 0 Å². The minimum absolute atomic E-state index is 0.0202. The normalized spacial score (nSPS) is 16.2. The highest BCUT2D eigenvalue weighted by atomic mass is 16.3. The van der Waals surface area contributed by atoms with E-state index in [1.807, 2.05) is 0 Å². The smallest absolute Gasteiger partial charge is 0.136 e. The summed E-state index contributed by atoms with van der Waals surface area (Å²) in [7, 11) is 0. The van der Waals surface area contributed by atoms with E-state index in [1.165, 1.54) is 0 Å². The Labute approximate surface area is 282 Å².